The topological polar surface area (TPSA) is 55.8 Å². The van der Waals surface area contributed by atoms with Crippen molar-refractivity contribution in [3.05, 3.63) is 29.8 Å². The second-order valence-electron chi connectivity index (χ2n) is 3.64. The summed E-state index contributed by atoms with van der Waals surface area (Å²) in [6, 6.07) is 6.46. The van der Waals surface area contributed by atoms with Crippen LogP contribution in [0.2, 0.25) is 0 Å². The van der Waals surface area contributed by atoms with Gasteiger partial charge in [0, 0.05) is 12.9 Å². The molecule has 1 aromatic rings. The smallest absolute Gasteiger partial charge is 0.335 e. The van der Waals surface area contributed by atoms with Crippen LogP contribution in [0.3, 0.4) is 0 Å². The van der Waals surface area contributed by atoms with Crippen LogP contribution in [0.1, 0.15) is 16.8 Å². The van der Waals surface area contributed by atoms with E-state index in [9.17, 15) is 4.79 Å². The molecule has 1 rings (SSSR count). The first kappa shape index (κ1) is 14.9. The van der Waals surface area contributed by atoms with E-state index >= 15 is 0 Å². The molecule has 100 valence electrons. The first-order valence-corrected chi connectivity index (χ1v) is 6.92. The summed E-state index contributed by atoms with van der Waals surface area (Å²) in [5, 5.41) is 8.74. The Bertz CT molecular complexity index is 351. The number of ether oxygens (including phenoxy) is 2. The Labute approximate surface area is 111 Å². The van der Waals surface area contributed by atoms with Crippen LogP contribution in [0, 0.1) is 0 Å². The van der Waals surface area contributed by atoms with Crippen LogP contribution in [0.15, 0.2) is 24.3 Å². The highest BCUT2D eigenvalue weighted by Gasteiger charge is 2.01. The van der Waals surface area contributed by atoms with Crippen molar-refractivity contribution in [1.82, 2.24) is 0 Å². The van der Waals surface area contributed by atoms with E-state index in [1.54, 1.807) is 31.4 Å². The molecule has 0 aliphatic rings. The highest BCUT2D eigenvalue weighted by atomic mass is 32.2. The summed E-state index contributed by atoms with van der Waals surface area (Å²) in [6.45, 7) is 1.43. The summed E-state index contributed by atoms with van der Waals surface area (Å²) in [5.74, 6) is 1.83. The number of benzene rings is 1. The van der Waals surface area contributed by atoms with E-state index in [4.69, 9.17) is 14.6 Å². The number of hydrogen-bond acceptors (Lipinski definition) is 4. The van der Waals surface area contributed by atoms with Gasteiger partial charge in [-0.25, -0.2) is 4.79 Å². The Hall–Kier alpha value is -1.20. The number of hydrogen-bond donors (Lipinski definition) is 1. The van der Waals surface area contributed by atoms with Crippen LogP contribution in [-0.4, -0.2) is 42.9 Å². The van der Waals surface area contributed by atoms with Crippen LogP contribution < -0.4 is 4.74 Å². The third-order valence-electron chi connectivity index (χ3n) is 2.23. The van der Waals surface area contributed by atoms with Gasteiger partial charge in [-0.15, -0.1) is 0 Å². The fraction of sp³-hybridized carbons (Fsp3) is 0.462. The van der Waals surface area contributed by atoms with Gasteiger partial charge in [-0.05, 0) is 36.4 Å². The largest absolute Gasteiger partial charge is 0.494 e. The fourth-order valence-corrected chi connectivity index (χ4v) is 2.10. The summed E-state index contributed by atoms with van der Waals surface area (Å²) in [4.78, 5) is 10.6. The Balaban J connectivity index is 2.14. The van der Waals surface area contributed by atoms with Gasteiger partial charge in [-0.3, -0.25) is 0 Å². The number of carboxylic acids is 1. The van der Waals surface area contributed by atoms with Crippen LogP contribution >= 0.6 is 11.8 Å². The van der Waals surface area contributed by atoms with E-state index < -0.39 is 5.97 Å². The second kappa shape index (κ2) is 8.83. The second-order valence-corrected chi connectivity index (χ2v) is 4.86. The normalized spacial score (nSPS) is 10.3. The number of aromatic carboxylic acids is 1. The number of carbonyl (C=O) groups is 1. The van der Waals surface area contributed by atoms with Gasteiger partial charge in [0.2, 0.25) is 0 Å². The van der Waals surface area contributed by atoms with Gasteiger partial charge in [0.05, 0.1) is 18.8 Å². The average Bonchev–Trinajstić information content (AvgIpc) is 2.38. The quantitative estimate of drug-likeness (QED) is 0.699. The number of carboxylic acid groups (broad SMARTS) is 1. The lowest BCUT2D eigenvalue weighted by atomic mass is 10.2. The van der Waals surface area contributed by atoms with E-state index in [1.165, 1.54) is 0 Å². The highest BCUT2D eigenvalue weighted by molar-refractivity contribution is 7.99. The molecule has 0 saturated carbocycles. The average molecular weight is 270 g/mol. The van der Waals surface area contributed by atoms with Crippen LogP contribution in [0.25, 0.3) is 0 Å². The zero-order chi connectivity index (χ0) is 13.2. The zero-order valence-electron chi connectivity index (χ0n) is 10.4. The predicted molar refractivity (Wildman–Crippen MR) is 72.7 cm³/mol. The molecule has 18 heavy (non-hydrogen) atoms. The molecule has 0 aliphatic carbocycles. The zero-order valence-corrected chi connectivity index (χ0v) is 11.2. The molecule has 5 heteroatoms. The van der Waals surface area contributed by atoms with Gasteiger partial charge in [0.15, 0.2) is 0 Å². The number of rotatable bonds is 9. The van der Waals surface area contributed by atoms with Gasteiger partial charge in [-0.2, -0.15) is 11.8 Å². The van der Waals surface area contributed by atoms with E-state index in [0.717, 1.165) is 24.5 Å². The van der Waals surface area contributed by atoms with Crippen molar-refractivity contribution in [1.29, 1.82) is 0 Å². The standard InChI is InChI=1S/C13H18O4S/c1-16-8-10-18-9-2-7-17-12-5-3-11(4-6-12)13(14)15/h3-6H,2,7-10H2,1H3,(H,14,15). The summed E-state index contributed by atoms with van der Waals surface area (Å²) in [7, 11) is 1.70. The summed E-state index contributed by atoms with van der Waals surface area (Å²) >= 11 is 1.84. The maximum absolute atomic E-state index is 10.6. The first-order chi connectivity index (χ1) is 8.74. The van der Waals surface area contributed by atoms with Gasteiger partial charge >= 0.3 is 5.97 Å². The first-order valence-electron chi connectivity index (χ1n) is 5.77. The van der Waals surface area contributed by atoms with Crippen LogP contribution in [0.5, 0.6) is 5.75 Å². The van der Waals surface area contributed by atoms with Crippen molar-refractivity contribution in [3.8, 4) is 5.75 Å². The molecule has 0 spiro atoms. The van der Waals surface area contributed by atoms with Crippen molar-refractivity contribution in [3.63, 3.8) is 0 Å². The minimum atomic E-state index is -0.920. The van der Waals surface area contributed by atoms with Gasteiger partial charge in [-0.1, -0.05) is 0 Å². The summed E-state index contributed by atoms with van der Waals surface area (Å²) in [6.07, 6.45) is 0.967. The van der Waals surface area contributed by atoms with E-state index in [-0.39, 0.29) is 5.56 Å². The maximum Gasteiger partial charge on any atom is 0.335 e. The molecule has 0 atom stereocenters. The molecular weight excluding hydrogens is 252 g/mol. The van der Waals surface area contributed by atoms with Crippen molar-refractivity contribution >= 4 is 17.7 Å². The molecule has 0 aliphatic heterocycles. The van der Waals surface area contributed by atoms with Crippen LogP contribution in [-0.2, 0) is 4.74 Å². The fourth-order valence-electron chi connectivity index (χ4n) is 1.29. The Morgan fingerprint density at radius 3 is 2.56 bits per heavy atom. The van der Waals surface area contributed by atoms with Crippen molar-refractivity contribution in [2.45, 2.75) is 6.42 Å². The highest BCUT2D eigenvalue weighted by Crippen LogP contribution is 2.13. The Morgan fingerprint density at radius 1 is 1.22 bits per heavy atom. The van der Waals surface area contributed by atoms with Crippen molar-refractivity contribution in [2.24, 2.45) is 0 Å². The molecule has 0 aromatic heterocycles. The lowest BCUT2D eigenvalue weighted by molar-refractivity contribution is 0.0697. The SMILES string of the molecule is COCCSCCCOc1ccc(C(=O)O)cc1. The monoisotopic (exact) mass is 270 g/mol. The molecular formula is C13H18O4S. The lowest BCUT2D eigenvalue weighted by Crippen LogP contribution is -2.01. The minimum absolute atomic E-state index is 0.275. The maximum atomic E-state index is 10.6. The number of thioether (sulfide) groups is 1. The van der Waals surface area contributed by atoms with Gasteiger partial charge in [0.25, 0.3) is 0 Å². The van der Waals surface area contributed by atoms with Crippen LogP contribution in [0.4, 0.5) is 0 Å². The molecule has 0 fully saturated rings. The van der Waals surface area contributed by atoms with E-state index in [0.29, 0.717) is 12.4 Å². The Morgan fingerprint density at radius 2 is 1.94 bits per heavy atom. The minimum Gasteiger partial charge on any atom is -0.494 e. The van der Waals surface area contributed by atoms with Gasteiger partial charge < -0.3 is 14.6 Å². The number of methoxy groups -OCH3 is 1. The molecule has 1 aromatic carbocycles. The van der Waals surface area contributed by atoms with Gasteiger partial charge in [0.1, 0.15) is 5.75 Å². The molecule has 0 amide bonds. The molecule has 0 heterocycles. The van der Waals surface area contributed by atoms with E-state index in [1.807, 2.05) is 11.8 Å². The lowest BCUT2D eigenvalue weighted by Gasteiger charge is -2.06. The summed E-state index contributed by atoms with van der Waals surface area (Å²) in [5.41, 5.74) is 0.275. The third-order valence-corrected chi connectivity index (χ3v) is 3.27. The third kappa shape index (κ3) is 5.93. The Kier molecular flexibility index (Phi) is 7.29. The summed E-state index contributed by atoms with van der Waals surface area (Å²) < 4.78 is 10.5. The molecule has 0 bridgehead atoms. The predicted octanol–water partition coefficient (Wildman–Crippen LogP) is 2.53. The molecule has 4 nitrogen and oxygen atoms in total. The van der Waals surface area contributed by atoms with E-state index in [2.05, 4.69) is 0 Å². The molecule has 0 saturated heterocycles. The molecule has 0 radical (unpaired) electrons. The molecule has 0 unspecified atom stereocenters. The molecule has 1 N–H and O–H groups in total. The van der Waals surface area contributed by atoms with Crippen molar-refractivity contribution < 1.29 is 19.4 Å². The van der Waals surface area contributed by atoms with Crippen molar-refractivity contribution in [2.75, 3.05) is 31.8 Å².